The summed E-state index contributed by atoms with van der Waals surface area (Å²) in [6.07, 6.45) is 1.47. The van der Waals surface area contributed by atoms with Gasteiger partial charge in [0.2, 0.25) is 0 Å². The highest BCUT2D eigenvalue weighted by molar-refractivity contribution is 7.14. The topological polar surface area (TPSA) is 106 Å². The third-order valence-corrected chi connectivity index (χ3v) is 6.58. The Morgan fingerprint density at radius 2 is 2.10 bits per heavy atom. The number of urea groups is 1. The number of benzene rings is 1. The largest absolute Gasteiger partial charge is 0.325 e. The molecule has 9 nitrogen and oxygen atoms in total. The van der Waals surface area contributed by atoms with Crippen LogP contribution in [0.5, 0.6) is 0 Å². The molecule has 0 spiro atoms. The van der Waals surface area contributed by atoms with Crippen LogP contribution in [-0.4, -0.2) is 42.0 Å². The lowest BCUT2D eigenvalue weighted by Crippen LogP contribution is -2.40. The van der Waals surface area contributed by atoms with E-state index in [4.69, 9.17) is 0 Å². The summed E-state index contributed by atoms with van der Waals surface area (Å²) in [7, 11) is 0. The van der Waals surface area contributed by atoms with E-state index in [1.54, 1.807) is 36.5 Å². The van der Waals surface area contributed by atoms with E-state index in [-0.39, 0.29) is 12.5 Å². The van der Waals surface area contributed by atoms with Crippen molar-refractivity contribution >= 4 is 34.6 Å². The molecule has 0 bridgehead atoms. The Labute approximate surface area is 179 Å². The fourth-order valence-corrected chi connectivity index (χ4v) is 4.86. The van der Waals surface area contributed by atoms with Gasteiger partial charge in [-0.15, -0.1) is 16.4 Å². The second-order valence-corrected chi connectivity index (χ2v) is 8.55. The molecule has 0 saturated carbocycles. The second-order valence-electron chi connectivity index (χ2n) is 6.91. The van der Waals surface area contributed by atoms with Gasteiger partial charge < -0.3 is 5.32 Å². The summed E-state index contributed by atoms with van der Waals surface area (Å²) in [6.45, 7) is 1.82. The van der Waals surface area contributed by atoms with Gasteiger partial charge in [0.1, 0.15) is 16.9 Å². The molecule has 1 fully saturated rings. The van der Waals surface area contributed by atoms with E-state index in [1.807, 2.05) is 28.3 Å². The van der Waals surface area contributed by atoms with Gasteiger partial charge in [0.15, 0.2) is 0 Å². The highest BCUT2D eigenvalue weighted by Gasteiger charge is 2.49. The van der Waals surface area contributed by atoms with E-state index in [9.17, 15) is 9.59 Å². The highest BCUT2D eigenvalue weighted by atomic mass is 32.1. The molecule has 3 aromatic heterocycles. The van der Waals surface area contributed by atoms with E-state index >= 15 is 0 Å². The van der Waals surface area contributed by atoms with E-state index in [0.717, 1.165) is 10.6 Å². The minimum Gasteiger partial charge on any atom is -0.319 e. The van der Waals surface area contributed by atoms with E-state index in [2.05, 4.69) is 25.8 Å². The van der Waals surface area contributed by atoms with Crippen LogP contribution in [0.2, 0.25) is 0 Å². The molecule has 0 unspecified atom stereocenters. The molecule has 30 heavy (non-hydrogen) atoms. The lowest BCUT2D eigenvalue weighted by atomic mass is 9.91. The average molecular weight is 438 g/mol. The minimum absolute atomic E-state index is 0.119. The molecule has 3 amide bonds. The summed E-state index contributed by atoms with van der Waals surface area (Å²) >= 11 is 3.09. The van der Waals surface area contributed by atoms with Crippen LogP contribution in [0.4, 0.5) is 4.79 Å². The van der Waals surface area contributed by atoms with Gasteiger partial charge in [-0.3, -0.25) is 9.69 Å². The predicted octanol–water partition coefficient (Wildman–Crippen LogP) is 2.81. The molecule has 1 atom stereocenters. The molecule has 0 radical (unpaired) electrons. The lowest BCUT2D eigenvalue weighted by molar-refractivity contribution is -0.131. The first kappa shape index (κ1) is 18.6. The first-order chi connectivity index (χ1) is 14.5. The fourth-order valence-electron chi connectivity index (χ4n) is 3.34. The summed E-state index contributed by atoms with van der Waals surface area (Å²) in [5, 5.41) is 20.7. The number of carbonyl (C=O) groups is 2. The van der Waals surface area contributed by atoms with Crippen LogP contribution in [0, 0.1) is 0 Å². The molecule has 1 aromatic carbocycles. The standard InChI is InChI=1S/C19H15N7O2S2/c1-19(13-3-2-4-15(7-13)26-11-20-23-24-26)17(27)25(18(28)22-19)8-14-10-30-16(21-14)12-5-6-29-9-12/h2-7,9-11H,8H2,1H3,(H,22,28)/t19-/m1/s1. The van der Waals surface area contributed by atoms with Gasteiger partial charge in [-0.25, -0.2) is 14.5 Å². The number of hydrogen-bond donors (Lipinski definition) is 1. The van der Waals surface area contributed by atoms with Crippen LogP contribution in [0.3, 0.4) is 0 Å². The van der Waals surface area contributed by atoms with Crippen molar-refractivity contribution in [3.8, 4) is 16.3 Å². The highest BCUT2D eigenvalue weighted by Crippen LogP contribution is 2.32. The zero-order chi connectivity index (χ0) is 20.7. The SMILES string of the molecule is C[C@]1(c2cccc(-n3cnnn3)c2)NC(=O)N(Cc2csc(-c3ccsc3)n2)C1=O. The lowest BCUT2D eigenvalue weighted by Gasteiger charge is -2.22. The van der Waals surface area contributed by atoms with Crippen LogP contribution >= 0.6 is 22.7 Å². The quantitative estimate of drug-likeness (QED) is 0.481. The van der Waals surface area contributed by atoms with Crippen LogP contribution in [0.1, 0.15) is 18.2 Å². The van der Waals surface area contributed by atoms with Crippen LogP contribution in [0.15, 0.2) is 52.8 Å². The van der Waals surface area contributed by atoms with Crippen LogP contribution in [-0.2, 0) is 16.9 Å². The summed E-state index contributed by atoms with van der Waals surface area (Å²) in [5.41, 5.74) is 1.87. The Morgan fingerprint density at radius 3 is 2.87 bits per heavy atom. The molecule has 1 aliphatic heterocycles. The molecule has 1 saturated heterocycles. The average Bonchev–Trinajstić information content (AvgIpc) is 3.54. The number of imide groups is 1. The number of rotatable bonds is 5. The number of hydrogen-bond acceptors (Lipinski definition) is 8. The van der Waals surface area contributed by atoms with Crippen molar-refractivity contribution in [3.05, 3.63) is 64.1 Å². The third kappa shape index (κ3) is 3.08. The van der Waals surface area contributed by atoms with Gasteiger partial charge in [0.25, 0.3) is 5.91 Å². The van der Waals surface area contributed by atoms with Gasteiger partial charge in [-0.05, 0) is 46.5 Å². The van der Waals surface area contributed by atoms with Crippen molar-refractivity contribution in [2.24, 2.45) is 0 Å². The third-order valence-electron chi connectivity index (χ3n) is 4.95. The molecule has 1 aliphatic rings. The Bertz CT molecular complexity index is 1220. The summed E-state index contributed by atoms with van der Waals surface area (Å²) in [6, 6.07) is 8.76. The summed E-state index contributed by atoms with van der Waals surface area (Å²) in [5.74, 6) is -0.327. The van der Waals surface area contributed by atoms with E-state index < -0.39 is 11.6 Å². The summed E-state index contributed by atoms with van der Waals surface area (Å²) < 4.78 is 1.49. The maximum atomic E-state index is 13.2. The Hall–Kier alpha value is -3.44. The Kier molecular flexibility index (Phi) is 4.40. The smallest absolute Gasteiger partial charge is 0.319 e. The minimum atomic E-state index is -1.19. The van der Waals surface area contributed by atoms with Gasteiger partial charge in [0, 0.05) is 16.3 Å². The molecule has 5 rings (SSSR count). The molecular formula is C19H15N7O2S2. The van der Waals surface area contributed by atoms with Crippen molar-refractivity contribution in [2.75, 3.05) is 0 Å². The number of carbonyl (C=O) groups excluding carboxylic acids is 2. The molecular weight excluding hydrogens is 422 g/mol. The van der Waals surface area contributed by atoms with Crippen molar-refractivity contribution in [1.29, 1.82) is 0 Å². The maximum Gasteiger partial charge on any atom is 0.325 e. The second kappa shape index (κ2) is 7.11. The number of tetrazole rings is 1. The zero-order valence-electron chi connectivity index (χ0n) is 15.7. The summed E-state index contributed by atoms with van der Waals surface area (Å²) in [4.78, 5) is 31.7. The monoisotopic (exact) mass is 437 g/mol. The van der Waals surface area contributed by atoms with Crippen molar-refractivity contribution in [3.63, 3.8) is 0 Å². The number of thiazole rings is 1. The van der Waals surface area contributed by atoms with Crippen molar-refractivity contribution in [2.45, 2.75) is 19.0 Å². The molecule has 1 N–H and O–H groups in total. The number of nitrogens with one attached hydrogen (secondary N) is 1. The first-order valence-electron chi connectivity index (χ1n) is 8.99. The number of thiophene rings is 1. The van der Waals surface area contributed by atoms with Gasteiger partial charge in [-0.2, -0.15) is 11.3 Å². The van der Waals surface area contributed by atoms with Crippen LogP contribution < -0.4 is 5.32 Å². The molecule has 150 valence electrons. The molecule has 11 heteroatoms. The number of aromatic nitrogens is 5. The molecule has 4 heterocycles. The predicted molar refractivity (Wildman–Crippen MR) is 111 cm³/mol. The zero-order valence-corrected chi connectivity index (χ0v) is 17.4. The Morgan fingerprint density at radius 1 is 1.20 bits per heavy atom. The van der Waals surface area contributed by atoms with Crippen molar-refractivity contribution < 1.29 is 9.59 Å². The Balaban J connectivity index is 1.41. The number of amides is 3. The van der Waals surface area contributed by atoms with Crippen molar-refractivity contribution in [1.82, 2.24) is 35.4 Å². The normalized spacial score (nSPS) is 18.8. The number of nitrogens with zero attached hydrogens (tertiary/aromatic N) is 6. The van der Waals surface area contributed by atoms with E-state index in [1.165, 1.54) is 27.2 Å². The molecule has 0 aliphatic carbocycles. The van der Waals surface area contributed by atoms with Gasteiger partial charge in [-0.1, -0.05) is 12.1 Å². The van der Waals surface area contributed by atoms with E-state index in [0.29, 0.717) is 16.9 Å². The maximum absolute atomic E-state index is 13.2. The van der Waals surface area contributed by atoms with Gasteiger partial charge in [0.05, 0.1) is 17.9 Å². The molecule has 4 aromatic rings. The van der Waals surface area contributed by atoms with Crippen LogP contribution in [0.25, 0.3) is 16.3 Å². The fraction of sp³-hybridized carbons (Fsp3) is 0.158. The van der Waals surface area contributed by atoms with Gasteiger partial charge >= 0.3 is 6.03 Å². The first-order valence-corrected chi connectivity index (χ1v) is 10.8.